The lowest BCUT2D eigenvalue weighted by molar-refractivity contribution is 0.786. The number of aryl methyl sites for hydroxylation is 1. The molecule has 0 fully saturated rings. The third-order valence-corrected chi connectivity index (χ3v) is 3.69. The Morgan fingerprint density at radius 1 is 1.19 bits per heavy atom. The fraction of sp³-hybridized carbons (Fsp3) is 0.308. The van der Waals surface area contributed by atoms with E-state index >= 15 is 0 Å². The molecule has 0 unspecified atom stereocenters. The van der Waals surface area contributed by atoms with Crippen LogP contribution in [0.4, 0.5) is 5.82 Å². The number of halogens is 1. The monoisotopic (exact) mass is 324 g/mol. The average Bonchev–Trinajstić information content (AvgIpc) is 2.50. The highest BCUT2D eigenvalue weighted by Crippen LogP contribution is 2.25. The van der Waals surface area contributed by atoms with Gasteiger partial charge < -0.3 is 5.32 Å². The second kappa shape index (κ2) is 4.20. The van der Waals surface area contributed by atoms with Crippen molar-refractivity contribution in [2.24, 2.45) is 0 Å². The Labute approximate surface area is 109 Å². The number of nitrogens with one attached hydrogen (secondary N) is 1. The van der Waals surface area contributed by atoms with Crippen molar-refractivity contribution in [2.45, 2.75) is 19.3 Å². The minimum Gasteiger partial charge on any atom is -0.370 e. The van der Waals surface area contributed by atoms with Crippen molar-refractivity contribution < 1.29 is 0 Å². The first kappa shape index (κ1) is 10.3. The van der Waals surface area contributed by atoms with Gasteiger partial charge in [0.1, 0.15) is 5.82 Å². The molecule has 0 bridgehead atoms. The largest absolute Gasteiger partial charge is 0.370 e. The zero-order valence-electron chi connectivity index (χ0n) is 8.96. The van der Waals surface area contributed by atoms with Crippen molar-refractivity contribution >= 4 is 39.3 Å². The Hall–Kier alpha value is -0.840. The van der Waals surface area contributed by atoms with Gasteiger partial charge in [-0.2, -0.15) is 0 Å². The lowest BCUT2D eigenvalue weighted by Crippen LogP contribution is -2.02. The van der Waals surface area contributed by atoms with E-state index in [2.05, 4.69) is 52.2 Å². The molecule has 0 saturated heterocycles. The molecular weight excluding hydrogens is 311 g/mol. The first-order valence-corrected chi connectivity index (χ1v) is 6.74. The van der Waals surface area contributed by atoms with Gasteiger partial charge in [0.15, 0.2) is 0 Å². The second-order valence-electron chi connectivity index (χ2n) is 4.22. The van der Waals surface area contributed by atoms with Crippen molar-refractivity contribution in [3.05, 3.63) is 33.4 Å². The van der Waals surface area contributed by atoms with E-state index < -0.39 is 0 Å². The summed E-state index contributed by atoms with van der Waals surface area (Å²) in [6.07, 6.45) is 3.65. The molecule has 0 amide bonds. The number of pyridine rings is 1. The van der Waals surface area contributed by atoms with E-state index in [4.69, 9.17) is 4.98 Å². The third kappa shape index (κ3) is 1.88. The van der Waals surface area contributed by atoms with Gasteiger partial charge in [-0.05, 0) is 65.6 Å². The molecule has 1 N–H and O–H groups in total. The molecular formula is C13H13IN2. The molecule has 2 heterocycles. The molecule has 1 aliphatic heterocycles. The van der Waals surface area contributed by atoms with Gasteiger partial charge in [0.2, 0.25) is 0 Å². The van der Waals surface area contributed by atoms with Crippen LogP contribution in [0.15, 0.2) is 24.3 Å². The Balaban J connectivity index is 2.20. The van der Waals surface area contributed by atoms with E-state index in [1.54, 1.807) is 0 Å². The third-order valence-electron chi connectivity index (χ3n) is 3.02. The predicted octanol–water partition coefficient (Wildman–Crippen LogP) is 3.59. The minimum atomic E-state index is 1.05. The van der Waals surface area contributed by atoms with Gasteiger partial charge in [0.05, 0.1) is 5.52 Å². The van der Waals surface area contributed by atoms with Gasteiger partial charge in [-0.15, -0.1) is 0 Å². The number of anilines is 1. The molecule has 0 spiro atoms. The smallest absolute Gasteiger partial charge is 0.129 e. The molecule has 0 radical (unpaired) electrons. The summed E-state index contributed by atoms with van der Waals surface area (Å²) in [6, 6.07) is 8.73. The number of nitrogens with zero attached hydrogens (tertiary/aromatic N) is 1. The van der Waals surface area contributed by atoms with Crippen LogP contribution in [-0.4, -0.2) is 11.5 Å². The van der Waals surface area contributed by atoms with Gasteiger partial charge in [0.25, 0.3) is 0 Å². The zero-order valence-corrected chi connectivity index (χ0v) is 11.1. The number of fused-ring (bicyclic) bond motifs is 2. The summed E-state index contributed by atoms with van der Waals surface area (Å²) in [7, 11) is 0. The minimum absolute atomic E-state index is 1.05. The molecule has 16 heavy (non-hydrogen) atoms. The molecule has 3 rings (SSSR count). The normalized spacial score (nSPS) is 15.3. The maximum atomic E-state index is 4.72. The summed E-state index contributed by atoms with van der Waals surface area (Å²) in [5.74, 6) is 1.09. The lowest BCUT2D eigenvalue weighted by atomic mass is 10.1. The average molecular weight is 324 g/mol. The number of aromatic nitrogens is 1. The first-order chi connectivity index (χ1) is 7.83. The van der Waals surface area contributed by atoms with Crippen molar-refractivity contribution in [1.82, 2.24) is 4.98 Å². The van der Waals surface area contributed by atoms with E-state index in [-0.39, 0.29) is 0 Å². The maximum Gasteiger partial charge on any atom is 0.129 e. The number of rotatable bonds is 0. The summed E-state index contributed by atoms with van der Waals surface area (Å²) in [6.45, 7) is 1.05. The molecule has 3 heteroatoms. The number of benzene rings is 1. The van der Waals surface area contributed by atoms with Crippen LogP contribution in [0.25, 0.3) is 10.9 Å². The topological polar surface area (TPSA) is 24.9 Å². The SMILES string of the molecule is Ic1ccc2cc3c(nc2c1)NCCCC3. The molecule has 1 aromatic carbocycles. The quantitative estimate of drug-likeness (QED) is 0.749. The van der Waals surface area contributed by atoms with Crippen LogP contribution in [0.1, 0.15) is 18.4 Å². The Morgan fingerprint density at radius 3 is 3.06 bits per heavy atom. The van der Waals surface area contributed by atoms with Crippen molar-refractivity contribution in [3.8, 4) is 0 Å². The van der Waals surface area contributed by atoms with Crippen LogP contribution < -0.4 is 5.32 Å². The first-order valence-electron chi connectivity index (χ1n) is 5.66. The van der Waals surface area contributed by atoms with E-state index in [1.807, 2.05) is 0 Å². The standard InChI is InChI=1S/C13H13IN2/c14-11-5-4-9-7-10-3-1-2-6-15-13(10)16-12(9)8-11/h4-5,7-8H,1-3,6H2,(H,15,16). The van der Waals surface area contributed by atoms with Crippen molar-refractivity contribution in [1.29, 1.82) is 0 Å². The Kier molecular flexibility index (Phi) is 2.71. The zero-order chi connectivity index (χ0) is 11.0. The summed E-state index contributed by atoms with van der Waals surface area (Å²) >= 11 is 2.33. The Morgan fingerprint density at radius 2 is 2.12 bits per heavy atom. The van der Waals surface area contributed by atoms with Crippen LogP contribution in [0.2, 0.25) is 0 Å². The highest BCUT2D eigenvalue weighted by Gasteiger charge is 2.09. The summed E-state index contributed by atoms with van der Waals surface area (Å²) in [5.41, 5.74) is 2.46. The fourth-order valence-corrected chi connectivity index (χ4v) is 2.65. The van der Waals surface area contributed by atoms with Crippen molar-refractivity contribution in [2.75, 3.05) is 11.9 Å². The molecule has 82 valence electrons. The highest BCUT2D eigenvalue weighted by molar-refractivity contribution is 14.1. The van der Waals surface area contributed by atoms with Crippen LogP contribution in [0, 0.1) is 3.57 Å². The van der Waals surface area contributed by atoms with Crippen LogP contribution in [0.5, 0.6) is 0 Å². The van der Waals surface area contributed by atoms with Gasteiger partial charge in [0, 0.05) is 15.5 Å². The van der Waals surface area contributed by atoms with E-state index in [9.17, 15) is 0 Å². The van der Waals surface area contributed by atoms with Gasteiger partial charge in [-0.25, -0.2) is 4.98 Å². The maximum absolute atomic E-state index is 4.72. The van der Waals surface area contributed by atoms with E-state index in [0.717, 1.165) is 24.3 Å². The number of hydrogen-bond donors (Lipinski definition) is 1. The molecule has 1 aliphatic rings. The lowest BCUT2D eigenvalue weighted by Gasteiger charge is -2.08. The summed E-state index contributed by atoms with van der Waals surface area (Å²) < 4.78 is 1.24. The molecule has 2 aromatic rings. The van der Waals surface area contributed by atoms with Crippen LogP contribution in [0.3, 0.4) is 0 Å². The summed E-state index contributed by atoms with van der Waals surface area (Å²) in [4.78, 5) is 4.72. The fourth-order valence-electron chi connectivity index (χ4n) is 2.17. The van der Waals surface area contributed by atoms with E-state index in [0.29, 0.717) is 0 Å². The molecule has 2 nitrogen and oxygen atoms in total. The molecule has 0 aliphatic carbocycles. The van der Waals surface area contributed by atoms with Gasteiger partial charge in [-0.1, -0.05) is 6.07 Å². The van der Waals surface area contributed by atoms with Crippen molar-refractivity contribution in [3.63, 3.8) is 0 Å². The number of hydrogen-bond acceptors (Lipinski definition) is 2. The Bertz CT molecular complexity index is 537. The molecule has 0 atom stereocenters. The summed E-state index contributed by atoms with van der Waals surface area (Å²) in [5, 5.41) is 4.68. The predicted molar refractivity (Wildman–Crippen MR) is 75.9 cm³/mol. The second-order valence-corrected chi connectivity index (χ2v) is 5.46. The van der Waals surface area contributed by atoms with Gasteiger partial charge in [-0.3, -0.25) is 0 Å². The van der Waals surface area contributed by atoms with Crippen LogP contribution >= 0.6 is 22.6 Å². The van der Waals surface area contributed by atoms with Crippen LogP contribution in [-0.2, 0) is 6.42 Å². The highest BCUT2D eigenvalue weighted by atomic mass is 127. The van der Waals surface area contributed by atoms with E-state index in [1.165, 1.54) is 27.4 Å². The van der Waals surface area contributed by atoms with Gasteiger partial charge >= 0.3 is 0 Å². The molecule has 1 aromatic heterocycles. The molecule has 0 saturated carbocycles.